The zero-order valence-corrected chi connectivity index (χ0v) is 7.58. The van der Waals surface area contributed by atoms with Crippen LogP contribution in [0, 0.1) is 0 Å². The van der Waals surface area contributed by atoms with Gasteiger partial charge in [0, 0.05) is 11.4 Å². The van der Waals surface area contributed by atoms with Gasteiger partial charge in [-0.15, -0.1) is 11.3 Å². The van der Waals surface area contributed by atoms with E-state index in [-0.39, 0.29) is 0 Å². The van der Waals surface area contributed by atoms with E-state index in [0.717, 1.165) is 12.5 Å². The van der Waals surface area contributed by atoms with Crippen molar-refractivity contribution in [2.75, 3.05) is 7.05 Å². The Morgan fingerprint density at radius 3 is 3.09 bits per heavy atom. The Balaban J connectivity index is 2.06. The van der Waals surface area contributed by atoms with E-state index in [1.165, 1.54) is 18.4 Å². The van der Waals surface area contributed by atoms with Crippen LogP contribution in [0.4, 0.5) is 0 Å². The molecule has 1 heterocycles. The smallest absolute Gasteiger partial charge is 0.0210 e. The molecule has 60 valence electrons. The lowest BCUT2D eigenvalue weighted by atomic mass is 10.2. The number of rotatable bonds is 3. The third kappa shape index (κ3) is 1.63. The van der Waals surface area contributed by atoms with Gasteiger partial charge in [0.25, 0.3) is 0 Å². The quantitative estimate of drug-likeness (QED) is 0.728. The predicted octanol–water partition coefficient (Wildman–Crippen LogP) is 2.34. The average Bonchev–Trinajstić information content (AvgIpc) is 2.75. The summed E-state index contributed by atoms with van der Waals surface area (Å²) in [6, 6.07) is 2.35. The first-order valence-corrected chi connectivity index (χ1v) is 5.00. The van der Waals surface area contributed by atoms with Crippen LogP contribution in [0.3, 0.4) is 0 Å². The second-order valence-corrected chi connectivity index (χ2v) is 4.10. The van der Waals surface area contributed by atoms with Gasteiger partial charge in [0.15, 0.2) is 0 Å². The van der Waals surface area contributed by atoms with Crippen molar-refractivity contribution in [2.45, 2.75) is 25.3 Å². The monoisotopic (exact) mass is 167 g/mol. The summed E-state index contributed by atoms with van der Waals surface area (Å²) in [7, 11) is 1.99. The highest BCUT2D eigenvalue weighted by atomic mass is 32.1. The van der Waals surface area contributed by atoms with Crippen LogP contribution in [0.25, 0.3) is 0 Å². The topological polar surface area (TPSA) is 12.0 Å². The maximum Gasteiger partial charge on any atom is 0.0210 e. The van der Waals surface area contributed by atoms with Crippen LogP contribution in [0.5, 0.6) is 0 Å². The van der Waals surface area contributed by atoms with Crippen LogP contribution in [0.2, 0.25) is 0 Å². The lowest BCUT2D eigenvalue weighted by Crippen LogP contribution is -2.03. The Bertz CT molecular complexity index is 237. The van der Waals surface area contributed by atoms with Crippen molar-refractivity contribution in [3.8, 4) is 0 Å². The Hall–Kier alpha value is -0.340. The molecule has 2 heteroatoms. The molecule has 1 aromatic rings. The predicted molar refractivity (Wildman–Crippen MR) is 49.1 cm³/mol. The van der Waals surface area contributed by atoms with E-state index >= 15 is 0 Å². The van der Waals surface area contributed by atoms with E-state index in [9.17, 15) is 0 Å². The summed E-state index contributed by atoms with van der Waals surface area (Å²) >= 11 is 1.92. The molecule has 0 radical (unpaired) electrons. The van der Waals surface area contributed by atoms with Crippen molar-refractivity contribution in [3.05, 3.63) is 21.9 Å². The summed E-state index contributed by atoms with van der Waals surface area (Å²) < 4.78 is 0. The summed E-state index contributed by atoms with van der Waals surface area (Å²) in [5.74, 6) is 0.922. The van der Waals surface area contributed by atoms with E-state index in [1.54, 1.807) is 4.88 Å². The molecule has 0 bridgehead atoms. The Morgan fingerprint density at radius 2 is 2.45 bits per heavy atom. The molecule has 0 amide bonds. The van der Waals surface area contributed by atoms with Crippen molar-refractivity contribution in [1.82, 2.24) is 5.32 Å². The van der Waals surface area contributed by atoms with Gasteiger partial charge in [-0.1, -0.05) is 0 Å². The molecule has 1 aliphatic carbocycles. The van der Waals surface area contributed by atoms with E-state index in [4.69, 9.17) is 0 Å². The molecular weight excluding hydrogens is 154 g/mol. The number of hydrogen-bond donors (Lipinski definition) is 1. The molecule has 11 heavy (non-hydrogen) atoms. The van der Waals surface area contributed by atoms with Crippen LogP contribution in [0.1, 0.15) is 29.2 Å². The molecule has 1 nitrogen and oxygen atoms in total. The van der Waals surface area contributed by atoms with Crippen molar-refractivity contribution < 1.29 is 0 Å². The van der Waals surface area contributed by atoms with Gasteiger partial charge in [-0.05, 0) is 42.8 Å². The fraction of sp³-hybridized carbons (Fsp3) is 0.556. The van der Waals surface area contributed by atoms with E-state index in [2.05, 4.69) is 16.8 Å². The van der Waals surface area contributed by atoms with Crippen LogP contribution in [-0.2, 0) is 6.54 Å². The third-order valence-corrected chi connectivity index (χ3v) is 3.18. The maximum absolute atomic E-state index is 3.16. The van der Waals surface area contributed by atoms with Crippen LogP contribution in [-0.4, -0.2) is 7.05 Å². The summed E-state index contributed by atoms with van der Waals surface area (Å²) in [5, 5.41) is 5.43. The first kappa shape index (κ1) is 7.32. The first-order chi connectivity index (χ1) is 5.40. The van der Waals surface area contributed by atoms with Gasteiger partial charge in [-0.2, -0.15) is 0 Å². The number of thiophene rings is 1. The molecule has 0 atom stereocenters. The van der Waals surface area contributed by atoms with Gasteiger partial charge in [0.1, 0.15) is 0 Å². The summed E-state index contributed by atoms with van der Waals surface area (Å²) in [6.07, 6.45) is 2.83. The minimum atomic E-state index is 0.922. The molecule has 1 aromatic heterocycles. The molecule has 0 saturated heterocycles. The second-order valence-electron chi connectivity index (χ2n) is 3.16. The molecule has 0 spiro atoms. The van der Waals surface area contributed by atoms with E-state index in [1.807, 2.05) is 18.4 Å². The summed E-state index contributed by atoms with van der Waals surface area (Å²) in [4.78, 5) is 1.59. The Labute approximate surface area is 71.4 Å². The second kappa shape index (κ2) is 2.95. The molecule has 1 saturated carbocycles. The van der Waals surface area contributed by atoms with Crippen molar-refractivity contribution >= 4 is 11.3 Å². The van der Waals surface area contributed by atoms with E-state index < -0.39 is 0 Å². The Kier molecular flexibility index (Phi) is 1.96. The van der Waals surface area contributed by atoms with Gasteiger partial charge in [-0.25, -0.2) is 0 Å². The molecule has 1 N–H and O–H groups in total. The summed E-state index contributed by atoms with van der Waals surface area (Å²) in [6.45, 7) is 1.02. The van der Waals surface area contributed by atoms with Gasteiger partial charge in [0.2, 0.25) is 0 Å². The highest BCUT2D eigenvalue weighted by Crippen LogP contribution is 2.42. The standard InChI is InChI=1S/C9H13NS/c1-10-5-7-4-9(11-6-7)8-2-3-8/h4,6,8,10H,2-3,5H2,1H3. The molecule has 0 aromatic carbocycles. The van der Waals surface area contributed by atoms with Crippen molar-refractivity contribution in [2.24, 2.45) is 0 Å². The minimum absolute atomic E-state index is 0.922. The maximum atomic E-state index is 3.16. The molecule has 2 rings (SSSR count). The van der Waals surface area contributed by atoms with Gasteiger partial charge < -0.3 is 5.32 Å². The molecule has 0 aliphatic heterocycles. The number of nitrogens with one attached hydrogen (secondary N) is 1. The van der Waals surface area contributed by atoms with Crippen LogP contribution >= 0.6 is 11.3 Å². The lowest BCUT2D eigenvalue weighted by molar-refractivity contribution is 0.820. The van der Waals surface area contributed by atoms with Crippen molar-refractivity contribution in [3.63, 3.8) is 0 Å². The minimum Gasteiger partial charge on any atom is -0.316 e. The van der Waals surface area contributed by atoms with Gasteiger partial charge in [0.05, 0.1) is 0 Å². The molecule has 1 fully saturated rings. The number of hydrogen-bond acceptors (Lipinski definition) is 2. The molecule has 0 unspecified atom stereocenters. The lowest BCUT2D eigenvalue weighted by Gasteiger charge is -1.91. The SMILES string of the molecule is CNCc1csc(C2CC2)c1. The third-order valence-electron chi connectivity index (χ3n) is 2.03. The fourth-order valence-corrected chi connectivity index (χ4v) is 2.36. The van der Waals surface area contributed by atoms with Crippen LogP contribution < -0.4 is 5.32 Å². The van der Waals surface area contributed by atoms with E-state index in [0.29, 0.717) is 0 Å². The Morgan fingerprint density at radius 1 is 1.64 bits per heavy atom. The fourth-order valence-electron chi connectivity index (χ4n) is 1.27. The largest absolute Gasteiger partial charge is 0.316 e. The highest BCUT2D eigenvalue weighted by molar-refractivity contribution is 7.10. The average molecular weight is 167 g/mol. The summed E-state index contributed by atoms with van der Waals surface area (Å²) in [5.41, 5.74) is 1.44. The van der Waals surface area contributed by atoms with Gasteiger partial charge >= 0.3 is 0 Å². The highest BCUT2D eigenvalue weighted by Gasteiger charge is 2.24. The van der Waals surface area contributed by atoms with Gasteiger partial charge in [-0.3, -0.25) is 0 Å². The zero-order valence-electron chi connectivity index (χ0n) is 6.76. The molecular formula is C9H13NS. The molecule has 1 aliphatic rings. The van der Waals surface area contributed by atoms with Crippen molar-refractivity contribution in [1.29, 1.82) is 0 Å². The first-order valence-electron chi connectivity index (χ1n) is 4.12. The normalized spacial score (nSPS) is 17.2. The zero-order chi connectivity index (χ0) is 7.68. The van der Waals surface area contributed by atoms with Crippen LogP contribution in [0.15, 0.2) is 11.4 Å².